The quantitative estimate of drug-likeness (QED) is 0.806. The smallest absolute Gasteiger partial charge is 0.305 e. The van der Waals surface area contributed by atoms with Crippen LogP contribution in [-0.2, 0) is 9.59 Å². The Morgan fingerprint density at radius 1 is 1.17 bits per heavy atom. The Balaban J connectivity index is 3.09. The van der Waals surface area contributed by atoms with E-state index in [1.54, 1.807) is 24.3 Å². The molecular formula is C13H15NO4. The summed E-state index contributed by atoms with van der Waals surface area (Å²) in [6, 6.07) is 6.67. The van der Waals surface area contributed by atoms with Gasteiger partial charge in [0.15, 0.2) is 5.78 Å². The first-order valence-corrected chi connectivity index (χ1v) is 5.53. The minimum absolute atomic E-state index is 0.0506. The van der Waals surface area contributed by atoms with Crippen LogP contribution in [0, 0.1) is 0 Å². The van der Waals surface area contributed by atoms with Gasteiger partial charge in [0.05, 0.1) is 12.1 Å². The van der Waals surface area contributed by atoms with E-state index in [2.05, 4.69) is 0 Å². The summed E-state index contributed by atoms with van der Waals surface area (Å²) in [5.41, 5.74) is 0.872. The Bertz CT molecular complexity index is 482. The van der Waals surface area contributed by atoms with Gasteiger partial charge in [-0.1, -0.05) is 12.1 Å². The Morgan fingerprint density at radius 2 is 1.78 bits per heavy atom. The van der Waals surface area contributed by atoms with E-state index in [-0.39, 0.29) is 24.7 Å². The molecule has 1 aromatic rings. The number of ketones is 1. The number of Topliss-reactive ketones (excluding diaryl/α,β-unsaturated/α-hetero) is 1. The normalized spacial score (nSPS) is 9.89. The standard InChI is InChI=1S/C13H15NO4/c1-9(15)11-5-3-4-6-12(11)14(10(2)16)8-7-13(17)18/h3-6H,7-8H2,1-2H3,(H,17,18). The molecular weight excluding hydrogens is 234 g/mol. The average Bonchev–Trinajstić information content (AvgIpc) is 2.28. The maximum atomic E-state index is 11.6. The molecule has 96 valence electrons. The first kappa shape index (κ1) is 13.9. The lowest BCUT2D eigenvalue weighted by molar-refractivity contribution is -0.136. The summed E-state index contributed by atoms with van der Waals surface area (Å²) in [4.78, 5) is 34.9. The molecule has 0 aromatic heterocycles. The lowest BCUT2D eigenvalue weighted by Crippen LogP contribution is -2.32. The molecule has 5 heteroatoms. The number of benzene rings is 1. The van der Waals surface area contributed by atoms with E-state index in [9.17, 15) is 14.4 Å². The highest BCUT2D eigenvalue weighted by Gasteiger charge is 2.17. The monoisotopic (exact) mass is 249 g/mol. The fourth-order valence-electron chi connectivity index (χ4n) is 1.66. The third kappa shape index (κ3) is 3.41. The van der Waals surface area contributed by atoms with Gasteiger partial charge < -0.3 is 10.0 Å². The summed E-state index contributed by atoms with van der Waals surface area (Å²) in [5, 5.41) is 8.66. The number of aliphatic carboxylic acids is 1. The zero-order chi connectivity index (χ0) is 13.7. The van der Waals surface area contributed by atoms with Crippen molar-refractivity contribution in [3.8, 4) is 0 Å². The van der Waals surface area contributed by atoms with Crippen molar-refractivity contribution < 1.29 is 19.5 Å². The van der Waals surface area contributed by atoms with Crippen molar-refractivity contribution in [3.63, 3.8) is 0 Å². The molecule has 0 aliphatic rings. The summed E-state index contributed by atoms with van der Waals surface area (Å²) in [6.45, 7) is 2.81. The number of anilines is 1. The van der Waals surface area contributed by atoms with Gasteiger partial charge in [0, 0.05) is 19.0 Å². The van der Waals surface area contributed by atoms with Gasteiger partial charge in [-0.2, -0.15) is 0 Å². The van der Waals surface area contributed by atoms with E-state index < -0.39 is 5.97 Å². The van der Waals surface area contributed by atoms with Crippen LogP contribution < -0.4 is 4.90 Å². The number of hydrogen-bond donors (Lipinski definition) is 1. The topological polar surface area (TPSA) is 74.7 Å². The Kier molecular flexibility index (Phi) is 4.59. The zero-order valence-corrected chi connectivity index (χ0v) is 10.3. The van der Waals surface area contributed by atoms with Crippen molar-refractivity contribution in [3.05, 3.63) is 29.8 Å². The lowest BCUT2D eigenvalue weighted by atomic mass is 10.1. The number of carbonyl (C=O) groups excluding carboxylic acids is 2. The summed E-state index contributed by atoms with van der Waals surface area (Å²) in [7, 11) is 0. The molecule has 0 atom stereocenters. The summed E-state index contributed by atoms with van der Waals surface area (Å²) in [5.74, 6) is -1.43. The summed E-state index contributed by atoms with van der Waals surface area (Å²) >= 11 is 0. The molecule has 1 rings (SSSR count). The molecule has 0 saturated carbocycles. The summed E-state index contributed by atoms with van der Waals surface area (Å²) < 4.78 is 0. The Morgan fingerprint density at radius 3 is 2.28 bits per heavy atom. The highest BCUT2D eigenvalue weighted by atomic mass is 16.4. The highest BCUT2D eigenvalue weighted by molar-refractivity contribution is 6.04. The third-order valence-electron chi connectivity index (χ3n) is 2.50. The third-order valence-corrected chi connectivity index (χ3v) is 2.50. The van der Waals surface area contributed by atoms with E-state index in [0.29, 0.717) is 11.3 Å². The molecule has 0 radical (unpaired) electrons. The predicted octanol–water partition coefficient (Wildman–Crippen LogP) is 1.72. The first-order chi connectivity index (χ1) is 8.43. The molecule has 0 spiro atoms. The molecule has 0 bridgehead atoms. The minimum atomic E-state index is -0.985. The van der Waals surface area contributed by atoms with Crippen LogP contribution in [0.1, 0.15) is 30.6 Å². The van der Waals surface area contributed by atoms with E-state index in [4.69, 9.17) is 5.11 Å². The zero-order valence-electron chi connectivity index (χ0n) is 10.3. The lowest BCUT2D eigenvalue weighted by Gasteiger charge is -2.22. The van der Waals surface area contributed by atoms with Crippen molar-refractivity contribution >= 4 is 23.3 Å². The van der Waals surface area contributed by atoms with Crippen LogP contribution in [0.3, 0.4) is 0 Å². The van der Waals surface area contributed by atoms with Gasteiger partial charge in [0.2, 0.25) is 5.91 Å². The Labute approximate surface area is 105 Å². The minimum Gasteiger partial charge on any atom is -0.481 e. The fraction of sp³-hybridized carbons (Fsp3) is 0.308. The van der Waals surface area contributed by atoms with Crippen LogP contribution in [0.25, 0.3) is 0 Å². The largest absolute Gasteiger partial charge is 0.481 e. The number of rotatable bonds is 5. The van der Waals surface area contributed by atoms with Crippen molar-refractivity contribution in [1.82, 2.24) is 0 Å². The molecule has 1 aromatic carbocycles. The Hall–Kier alpha value is -2.17. The molecule has 0 aliphatic heterocycles. The fourth-order valence-corrected chi connectivity index (χ4v) is 1.66. The molecule has 0 unspecified atom stereocenters. The summed E-state index contributed by atoms with van der Waals surface area (Å²) in [6.07, 6.45) is -0.161. The number of hydrogen-bond acceptors (Lipinski definition) is 3. The number of para-hydroxylation sites is 1. The molecule has 0 heterocycles. The van der Waals surface area contributed by atoms with Gasteiger partial charge in [0.25, 0.3) is 0 Å². The molecule has 18 heavy (non-hydrogen) atoms. The molecule has 1 amide bonds. The van der Waals surface area contributed by atoms with Crippen LogP contribution in [0.15, 0.2) is 24.3 Å². The van der Waals surface area contributed by atoms with Gasteiger partial charge in [-0.25, -0.2) is 0 Å². The van der Waals surface area contributed by atoms with E-state index >= 15 is 0 Å². The van der Waals surface area contributed by atoms with E-state index in [1.807, 2.05) is 0 Å². The van der Waals surface area contributed by atoms with Gasteiger partial charge >= 0.3 is 5.97 Å². The molecule has 5 nitrogen and oxygen atoms in total. The number of carboxylic acid groups (broad SMARTS) is 1. The van der Waals surface area contributed by atoms with Gasteiger partial charge in [-0.15, -0.1) is 0 Å². The maximum absolute atomic E-state index is 11.6. The highest BCUT2D eigenvalue weighted by Crippen LogP contribution is 2.21. The average molecular weight is 249 g/mol. The van der Waals surface area contributed by atoms with Crippen LogP contribution in [-0.4, -0.2) is 29.3 Å². The second-order valence-corrected chi connectivity index (χ2v) is 3.89. The molecule has 0 saturated heterocycles. The first-order valence-electron chi connectivity index (χ1n) is 5.53. The van der Waals surface area contributed by atoms with Gasteiger partial charge in [-0.05, 0) is 19.1 Å². The van der Waals surface area contributed by atoms with Crippen LogP contribution >= 0.6 is 0 Å². The number of amides is 1. The molecule has 0 fully saturated rings. The van der Waals surface area contributed by atoms with Gasteiger partial charge in [0.1, 0.15) is 0 Å². The van der Waals surface area contributed by atoms with Crippen LogP contribution in [0.4, 0.5) is 5.69 Å². The second kappa shape index (κ2) is 5.95. The van der Waals surface area contributed by atoms with Crippen molar-refractivity contribution in [2.24, 2.45) is 0 Å². The van der Waals surface area contributed by atoms with E-state index in [0.717, 1.165) is 0 Å². The van der Waals surface area contributed by atoms with Crippen molar-refractivity contribution in [1.29, 1.82) is 0 Å². The molecule has 0 aliphatic carbocycles. The number of carboxylic acids is 1. The van der Waals surface area contributed by atoms with Crippen LogP contribution in [0.5, 0.6) is 0 Å². The van der Waals surface area contributed by atoms with Crippen molar-refractivity contribution in [2.45, 2.75) is 20.3 Å². The number of nitrogens with zero attached hydrogens (tertiary/aromatic N) is 1. The predicted molar refractivity (Wildman–Crippen MR) is 66.7 cm³/mol. The number of carbonyl (C=O) groups is 3. The van der Waals surface area contributed by atoms with E-state index in [1.165, 1.54) is 18.7 Å². The SMILES string of the molecule is CC(=O)c1ccccc1N(CCC(=O)O)C(C)=O. The second-order valence-electron chi connectivity index (χ2n) is 3.89. The maximum Gasteiger partial charge on any atom is 0.305 e. The van der Waals surface area contributed by atoms with Crippen molar-refractivity contribution in [2.75, 3.05) is 11.4 Å². The van der Waals surface area contributed by atoms with Crippen LogP contribution in [0.2, 0.25) is 0 Å². The molecule has 1 N–H and O–H groups in total. The van der Waals surface area contributed by atoms with Gasteiger partial charge in [-0.3, -0.25) is 14.4 Å².